The van der Waals surface area contributed by atoms with Crippen molar-refractivity contribution in [3.8, 4) is 0 Å². The van der Waals surface area contributed by atoms with Gasteiger partial charge in [-0.05, 0) is 19.8 Å². The van der Waals surface area contributed by atoms with Crippen LogP contribution in [0.15, 0.2) is 11.8 Å². The molecule has 2 heteroatoms. The Balaban J connectivity index is 2.51. The number of rotatable bonds is 1. The second-order valence-electron chi connectivity index (χ2n) is 3.15. The Bertz CT molecular complexity index is 154. The molecule has 0 aromatic carbocycles. The first-order valence-electron chi connectivity index (χ1n) is 4.14. The van der Waals surface area contributed by atoms with E-state index in [1.807, 2.05) is 0 Å². The highest BCUT2D eigenvalue weighted by atomic mass is 16.5. The van der Waals surface area contributed by atoms with E-state index in [4.69, 9.17) is 4.74 Å². The lowest BCUT2D eigenvalue weighted by Gasteiger charge is -2.17. The van der Waals surface area contributed by atoms with Gasteiger partial charge in [-0.15, -0.1) is 0 Å². The van der Waals surface area contributed by atoms with E-state index in [1.165, 1.54) is 5.70 Å². The van der Waals surface area contributed by atoms with E-state index >= 15 is 0 Å². The van der Waals surface area contributed by atoms with Gasteiger partial charge in [0.2, 0.25) is 0 Å². The summed E-state index contributed by atoms with van der Waals surface area (Å²) < 4.78 is 5.30. The van der Waals surface area contributed by atoms with E-state index in [0.717, 1.165) is 19.4 Å². The molecule has 1 rings (SSSR count). The number of hydrogen-bond donors (Lipinski definition) is 0. The molecule has 0 aromatic rings. The van der Waals surface area contributed by atoms with E-state index in [9.17, 15) is 0 Å². The van der Waals surface area contributed by atoms with Crippen LogP contribution in [-0.4, -0.2) is 31.7 Å². The van der Waals surface area contributed by atoms with Crippen molar-refractivity contribution in [3.05, 3.63) is 11.8 Å². The topological polar surface area (TPSA) is 12.5 Å². The summed E-state index contributed by atoms with van der Waals surface area (Å²) in [6, 6.07) is 0. The molecule has 0 fully saturated rings. The van der Waals surface area contributed by atoms with Gasteiger partial charge < -0.3 is 9.64 Å². The average molecular weight is 155 g/mol. The zero-order chi connectivity index (χ0) is 8.27. The highest BCUT2D eigenvalue weighted by Gasteiger charge is 2.11. The summed E-state index contributed by atoms with van der Waals surface area (Å²) in [5, 5.41) is 0. The summed E-state index contributed by atoms with van der Waals surface area (Å²) in [5.41, 5.74) is 1.37. The van der Waals surface area contributed by atoms with Gasteiger partial charge in [-0.1, -0.05) is 6.08 Å². The fourth-order valence-corrected chi connectivity index (χ4v) is 1.30. The van der Waals surface area contributed by atoms with E-state index in [-0.39, 0.29) is 0 Å². The van der Waals surface area contributed by atoms with Crippen LogP contribution < -0.4 is 0 Å². The van der Waals surface area contributed by atoms with E-state index < -0.39 is 0 Å². The van der Waals surface area contributed by atoms with Crippen LogP contribution in [0.3, 0.4) is 0 Å². The number of allylic oxidation sites excluding steroid dienone is 1. The maximum Gasteiger partial charge on any atom is 0.0623 e. The molecular weight excluding hydrogens is 138 g/mol. The lowest BCUT2D eigenvalue weighted by atomic mass is 10.2. The van der Waals surface area contributed by atoms with Gasteiger partial charge in [0.25, 0.3) is 0 Å². The molecule has 64 valence electrons. The number of nitrogens with zero attached hydrogens (tertiary/aromatic N) is 1. The first-order valence-corrected chi connectivity index (χ1v) is 4.14. The quantitative estimate of drug-likeness (QED) is 0.570. The zero-order valence-corrected chi connectivity index (χ0v) is 7.63. The molecule has 0 N–H and O–H groups in total. The van der Waals surface area contributed by atoms with Gasteiger partial charge >= 0.3 is 0 Å². The van der Waals surface area contributed by atoms with Crippen LogP contribution in [0.4, 0.5) is 0 Å². The van der Waals surface area contributed by atoms with Crippen molar-refractivity contribution in [2.75, 3.05) is 20.7 Å². The van der Waals surface area contributed by atoms with Crippen molar-refractivity contribution in [1.29, 1.82) is 0 Å². The molecule has 0 saturated heterocycles. The number of methoxy groups -OCH3 is 1. The van der Waals surface area contributed by atoms with Crippen LogP contribution in [0.1, 0.15) is 19.8 Å². The number of ether oxygens (including phenoxy) is 1. The molecule has 11 heavy (non-hydrogen) atoms. The summed E-state index contributed by atoms with van der Waals surface area (Å²) in [4.78, 5) is 2.28. The molecule has 0 spiro atoms. The highest BCUT2D eigenvalue weighted by molar-refractivity contribution is 5.00. The second kappa shape index (κ2) is 3.77. The van der Waals surface area contributed by atoms with Crippen LogP contribution in [0, 0.1) is 0 Å². The normalized spacial score (nSPS) is 26.3. The van der Waals surface area contributed by atoms with Crippen LogP contribution in [0.5, 0.6) is 0 Å². The molecule has 0 aromatic heterocycles. The maximum absolute atomic E-state index is 5.30. The summed E-state index contributed by atoms with van der Waals surface area (Å²) >= 11 is 0. The minimum absolute atomic E-state index is 0.426. The van der Waals surface area contributed by atoms with Crippen molar-refractivity contribution in [3.63, 3.8) is 0 Å². The minimum atomic E-state index is 0.426. The Labute approximate surface area is 68.8 Å². The van der Waals surface area contributed by atoms with E-state index in [2.05, 4.69) is 24.9 Å². The average Bonchev–Trinajstić information content (AvgIpc) is 2.16. The molecule has 1 aliphatic heterocycles. The molecule has 1 atom stereocenters. The van der Waals surface area contributed by atoms with Gasteiger partial charge in [0.1, 0.15) is 0 Å². The molecule has 1 aliphatic rings. The highest BCUT2D eigenvalue weighted by Crippen LogP contribution is 2.14. The van der Waals surface area contributed by atoms with Crippen LogP contribution in [0.2, 0.25) is 0 Å². The predicted octanol–water partition coefficient (Wildman–Crippen LogP) is 1.63. The van der Waals surface area contributed by atoms with Gasteiger partial charge in [-0.2, -0.15) is 0 Å². The number of hydrogen-bond acceptors (Lipinski definition) is 2. The summed E-state index contributed by atoms with van der Waals surface area (Å²) in [5.74, 6) is 0. The maximum atomic E-state index is 5.30. The monoisotopic (exact) mass is 155 g/mol. The molecule has 0 aliphatic carbocycles. The molecule has 1 unspecified atom stereocenters. The van der Waals surface area contributed by atoms with Crippen LogP contribution in [-0.2, 0) is 4.74 Å². The van der Waals surface area contributed by atoms with Crippen LogP contribution >= 0.6 is 0 Å². The summed E-state index contributed by atoms with van der Waals surface area (Å²) in [7, 11) is 3.92. The summed E-state index contributed by atoms with van der Waals surface area (Å²) in [6.45, 7) is 3.26. The fraction of sp³-hybridized carbons (Fsp3) is 0.778. The van der Waals surface area contributed by atoms with Crippen molar-refractivity contribution in [2.24, 2.45) is 0 Å². The van der Waals surface area contributed by atoms with Crippen molar-refractivity contribution < 1.29 is 4.74 Å². The Morgan fingerprint density at radius 1 is 1.64 bits per heavy atom. The third-order valence-corrected chi connectivity index (χ3v) is 2.40. The lowest BCUT2D eigenvalue weighted by molar-refractivity contribution is 0.0955. The molecule has 0 saturated carbocycles. The van der Waals surface area contributed by atoms with Crippen LogP contribution in [0.25, 0.3) is 0 Å². The Kier molecular flexibility index (Phi) is 2.94. The van der Waals surface area contributed by atoms with Gasteiger partial charge in [0, 0.05) is 26.4 Å². The Morgan fingerprint density at radius 3 is 3.00 bits per heavy atom. The molecule has 1 heterocycles. The van der Waals surface area contributed by atoms with Crippen molar-refractivity contribution in [1.82, 2.24) is 4.90 Å². The predicted molar refractivity (Wildman–Crippen MR) is 46.4 cm³/mol. The van der Waals surface area contributed by atoms with Gasteiger partial charge in [0.05, 0.1) is 6.10 Å². The smallest absolute Gasteiger partial charge is 0.0623 e. The van der Waals surface area contributed by atoms with E-state index in [0.29, 0.717) is 6.10 Å². The Morgan fingerprint density at radius 2 is 2.36 bits per heavy atom. The minimum Gasteiger partial charge on any atom is -0.381 e. The third-order valence-electron chi connectivity index (χ3n) is 2.40. The summed E-state index contributed by atoms with van der Waals surface area (Å²) in [6.07, 6.45) is 4.88. The largest absolute Gasteiger partial charge is 0.381 e. The SMILES string of the molecule is COC1CC=C(C)N(C)CC1. The van der Waals surface area contributed by atoms with Gasteiger partial charge in [0.15, 0.2) is 0 Å². The standard InChI is InChI=1S/C9H17NO/c1-8-4-5-9(11-3)6-7-10(8)2/h4,9H,5-7H2,1-3H3. The molecular formula is C9H17NO. The molecule has 0 bridgehead atoms. The molecule has 0 radical (unpaired) electrons. The van der Waals surface area contributed by atoms with Gasteiger partial charge in [-0.25, -0.2) is 0 Å². The zero-order valence-electron chi connectivity index (χ0n) is 7.63. The van der Waals surface area contributed by atoms with Crippen molar-refractivity contribution >= 4 is 0 Å². The first kappa shape index (κ1) is 8.60. The van der Waals surface area contributed by atoms with Crippen molar-refractivity contribution in [2.45, 2.75) is 25.9 Å². The first-order chi connectivity index (χ1) is 5.24. The fourth-order valence-electron chi connectivity index (χ4n) is 1.30. The molecule has 0 amide bonds. The van der Waals surface area contributed by atoms with E-state index in [1.54, 1.807) is 7.11 Å². The Hall–Kier alpha value is -0.500. The lowest BCUT2D eigenvalue weighted by Crippen LogP contribution is -2.19. The second-order valence-corrected chi connectivity index (χ2v) is 3.15. The third kappa shape index (κ3) is 2.22. The van der Waals surface area contributed by atoms with Gasteiger partial charge in [-0.3, -0.25) is 0 Å². The molecule has 2 nitrogen and oxygen atoms in total.